The first-order valence-electron chi connectivity index (χ1n) is 4.40. The van der Waals surface area contributed by atoms with E-state index >= 15 is 0 Å². The predicted octanol–water partition coefficient (Wildman–Crippen LogP) is 2.84. The lowest BCUT2D eigenvalue weighted by Gasteiger charge is -2.04. The quantitative estimate of drug-likeness (QED) is 0.624. The van der Waals surface area contributed by atoms with Crippen LogP contribution in [0.5, 0.6) is 0 Å². The Hall–Kier alpha value is -1.09. The van der Waals surface area contributed by atoms with Gasteiger partial charge in [-0.15, -0.1) is 11.3 Å². The molecule has 2 nitrogen and oxygen atoms in total. The second-order valence-electron chi connectivity index (χ2n) is 3.50. The average molecular weight is 190 g/mol. The van der Waals surface area contributed by atoms with E-state index in [0.29, 0.717) is 6.04 Å². The van der Waals surface area contributed by atoms with Gasteiger partial charge in [0.2, 0.25) is 0 Å². The molecule has 0 unspecified atom stereocenters. The summed E-state index contributed by atoms with van der Waals surface area (Å²) in [6.45, 7) is 4.39. The van der Waals surface area contributed by atoms with E-state index in [-0.39, 0.29) is 0 Å². The van der Waals surface area contributed by atoms with Crippen LogP contribution in [0.2, 0.25) is 0 Å². The summed E-state index contributed by atoms with van der Waals surface area (Å²) in [5, 5.41) is 0. The highest BCUT2D eigenvalue weighted by Crippen LogP contribution is 2.43. The lowest BCUT2D eigenvalue weighted by Crippen LogP contribution is -1.97. The molecule has 1 atom stereocenters. The molecule has 1 aliphatic rings. The Morgan fingerprint density at radius 2 is 2.38 bits per heavy atom. The zero-order valence-corrected chi connectivity index (χ0v) is 8.43. The van der Waals surface area contributed by atoms with Crippen molar-refractivity contribution in [1.29, 1.82) is 0 Å². The van der Waals surface area contributed by atoms with Gasteiger partial charge in [0.25, 0.3) is 0 Å². The first kappa shape index (κ1) is 7.33. The molecular formula is C10H10N2S. The van der Waals surface area contributed by atoms with Gasteiger partial charge >= 0.3 is 0 Å². The maximum atomic E-state index is 4.17. The Balaban J connectivity index is 2.35. The van der Waals surface area contributed by atoms with Crippen molar-refractivity contribution in [3.05, 3.63) is 28.3 Å². The van der Waals surface area contributed by atoms with Gasteiger partial charge in [-0.2, -0.15) is 0 Å². The maximum absolute atomic E-state index is 4.17. The number of fused-ring (bicyclic) bond motifs is 3. The van der Waals surface area contributed by atoms with Crippen LogP contribution in [0.3, 0.4) is 0 Å². The molecule has 66 valence electrons. The first-order valence-corrected chi connectivity index (χ1v) is 5.21. The highest BCUT2D eigenvalue weighted by atomic mass is 32.1. The van der Waals surface area contributed by atoms with E-state index < -0.39 is 0 Å². The van der Waals surface area contributed by atoms with Gasteiger partial charge in [0, 0.05) is 15.3 Å². The molecule has 0 saturated heterocycles. The van der Waals surface area contributed by atoms with E-state index in [4.69, 9.17) is 0 Å². The maximum Gasteiger partial charge on any atom is 0.0956 e. The lowest BCUT2D eigenvalue weighted by atomic mass is 10.2. The van der Waals surface area contributed by atoms with Crippen LogP contribution >= 0.6 is 11.3 Å². The number of hydrogen-bond acceptors (Lipinski definition) is 2. The summed E-state index contributed by atoms with van der Waals surface area (Å²) >= 11 is 1.90. The van der Waals surface area contributed by atoms with Crippen molar-refractivity contribution >= 4 is 11.3 Å². The topological polar surface area (TPSA) is 17.8 Å². The zero-order valence-electron chi connectivity index (χ0n) is 7.61. The summed E-state index contributed by atoms with van der Waals surface area (Å²) in [6.07, 6.45) is 3.87. The first-order chi connectivity index (χ1) is 6.27. The molecule has 0 bridgehead atoms. The molecule has 0 aliphatic carbocycles. The van der Waals surface area contributed by atoms with Crippen molar-refractivity contribution in [2.24, 2.45) is 0 Å². The largest absolute Gasteiger partial charge is 0.322 e. The fourth-order valence-corrected chi connectivity index (χ4v) is 3.07. The third-order valence-electron chi connectivity index (χ3n) is 2.62. The fourth-order valence-electron chi connectivity index (χ4n) is 1.99. The average Bonchev–Trinajstić information content (AvgIpc) is 2.70. The number of imidazole rings is 1. The summed E-state index contributed by atoms with van der Waals surface area (Å²) in [5.41, 5.74) is 2.65. The summed E-state index contributed by atoms with van der Waals surface area (Å²) < 4.78 is 2.24. The van der Waals surface area contributed by atoms with Gasteiger partial charge in [0.05, 0.1) is 24.3 Å². The number of thiophene rings is 1. The molecule has 13 heavy (non-hydrogen) atoms. The van der Waals surface area contributed by atoms with E-state index in [1.165, 1.54) is 21.0 Å². The molecule has 3 rings (SSSR count). The van der Waals surface area contributed by atoms with Crippen LogP contribution in [0.4, 0.5) is 0 Å². The Morgan fingerprint density at radius 1 is 1.54 bits per heavy atom. The van der Waals surface area contributed by atoms with Crippen LogP contribution in [0.1, 0.15) is 22.7 Å². The van der Waals surface area contributed by atoms with Crippen LogP contribution in [0, 0.1) is 6.92 Å². The molecule has 0 amide bonds. The Bertz CT molecular complexity index is 467. The second-order valence-corrected chi connectivity index (χ2v) is 4.79. The van der Waals surface area contributed by atoms with Crippen molar-refractivity contribution < 1.29 is 0 Å². The fraction of sp³-hybridized carbons (Fsp3) is 0.300. The van der Waals surface area contributed by atoms with E-state index in [9.17, 15) is 0 Å². The number of aryl methyl sites for hydroxylation is 1. The third-order valence-corrected chi connectivity index (χ3v) is 3.84. The summed E-state index contributed by atoms with van der Waals surface area (Å²) in [5.74, 6) is 0. The van der Waals surface area contributed by atoms with E-state index in [1.807, 2.05) is 23.9 Å². The van der Waals surface area contributed by atoms with Crippen molar-refractivity contribution in [3.63, 3.8) is 0 Å². The molecular weight excluding hydrogens is 180 g/mol. The molecule has 2 aromatic rings. The predicted molar refractivity (Wildman–Crippen MR) is 54.1 cm³/mol. The summed E-state index contributed by atoms with van der Waals surface area (Å²) in [7, 11) is 0. The minimum atomic E-state index is 0.478. The van der Waals surface area contributed by atoms with E-state index in [2.05, 4.69) is 29.5 Å². The Kier molecular flexibility index (Phi) is 1.26. The van der Waals surface area contributed by atoms with Crippen LogP contribution in [-0.4, -0.2) is 9.55 Å². The standard InChI is InChI=1S/C10H10N2S/c1-6-3-8-9-4-11-5-12(9)7(2)10(8)13-6/h3-5,7H,1-2H3/t7-/m0/s1. The van der Waals surface area contributed by atoms with Crippen LogP contribution in [0.15, 0.2) is 18.6 Å². The smallest absolute Gasteiger partial charge is 0.0956 e. The highest BCUT2D eigenvalue weighted by molar-refractivity contribution is 7.12. The van der Waals surface area contributed by atoms with E-state index in [0.717, 1.165) is 0 Å². The Labute approximate surface area is 80.9 Å². The molecule has 3 heterocycles. The van der Waals surface area contributed by atoms with Crippen molar-refractivity contribution in [2.45, 2.75) is 19.9 Å². The van der Waals surface area contributed by atoms with E-state index in [1.54, 1.807) is 0 Å². The van der Waals surface area contributed by atoms with Crippen LogP contribution < -0.4 is 0 Å². The molecule has 0 aromatic carbocycles. The van der Waals surface area contributed by atoms with Gasteiger partial charge in [-0.3, -0.25) is 0 Å². The number of nitrogens with zero attached hydrogens (tertiary/aromatic N) is 2. The molecule has 0 radical (unpaired) electrons. The van der Waals surface area contributed by atoms with Gasteiger partial charge in [-0.1, -0.05) is 0 Å². The lowest BCUT2D eigenvalue weighted by molar-refractivity contribution is 0.681. The minimum absolute atomic E-state index is 0.478. The molecule has 1 aliphatic heterocycles. The van der Waals surface area contributed by atoms with Crippen molar-refractivity contribution in [3.8, 4) is 11.3 Å². The van der Waals surface area contributed by atoms with Crippen LogP contribution in [-0.2, 0) is 0 Å². The molecule has 0 N–H and O–H groups in total. The second kappa shape index (κ2) is 2.23. The SMILES string of the molecule is Cc1cc2c(s1)[C@H](C)n1cncc1-2. The van der Waals surface area contributed by atoms with Crippen molar-refractivity contribution in [2.75, 3.05) is 0 Å². The number of rotatable bonds is 0. The van der Waals surface area contributed by atoms with Gasteiger partial charge in [-0.25, -0.2) is 4.98 Å². The minimum Gasteiger partial charge on any atom is -0.322 e. The molecule has 0 spiro atoms. The molecule has 0 fully saturated rings. The molecule has 0 saturated carbocycles. The van der Waals surface area contributed by atoms with Crippen molar-refractivity contribution in [1.82, 2.24) is 9.55 Å². The van der Waals surface area contributed by atoms with Crippen LogP contribution in [0.25, 0.3) is 11.3 Å². The van der Waals surface area contributed by atoms with Gasteiger partial charge in [0.15, 0.2) is 0 Å². The monoisotopic (exact) mass is 190 g/mol. The number of hydrogen-bond donors (Lipinski definition) is 0. The zero-order chi connectivity index (χ0) is 9.00. The summed E-state index contributed by atoms with van der Waals surface area (Å²) in [6, 6.07) is 2.74. The molecule has 3 heteroatoms. The third kappa shape index (κ3) is 0.800. The molecule has 2 aromatic heterocycles. The number of aromatic nitrogens is 2. The van der Waals surface area contributed by atoms with Gasteiger partial charge in [0.1, 0.15) is 0 Å². The highest BCUT2D eigenvalue weighted by Gasteiger charge is 2.26. The normalized spacial score (nSPS) is 18.8. The Morgan fingerprint density at radius 3 is 3.23 bits per heavy atom. The van der Waals surface area contributed by atoms with Gasteiger partial charge in [-0.05, 0) is 19.9 Å². The summed E-state index contributed by atoms with van der Waals surface area (Å²) in [4.78, 5) is 7.04. The van der Waals surface area contributed by atoms with Gasteiger partial charge < -0.3 is 4.57 Å².